The van der Waals surface area contributed by atoms with Gasteiger partial charge in [0.1, 0.15) is 4.21 Å². The average Bonchev–Trinajstić information content (AvgIpc) is 2.99. The van der Waals surface area contributed by atoms with Crippen molar-refractivity contribution >= 4 is 38.9 Å². The highest BCUT2D eigenvalue weighted by molar-refractivity contribution is 7.91. The molecular formula is C13H18ClN3O3S2. The van der Waals surface area contributed by atoms with Crippen molar-refractivity contribution in [2.75, 3.05) is 19.6 Å². The van der Waals surface area contributed by atoms with Crippen LogP contribution in [0.5, 0.6) is 0 Å². The molecule has 22 heavy (non-hydrogen) atoms. The number of sulfonamides is 1. The van der Waals surface area contributed by atoms with Crippen molar-refractivity contribution in [3.8, 4) is 0 Å². The molecule has 2 saturated heterocycles. The maximum absolute atomic E-state index is 12.4. The van der Waals surface area contributed by atoms with Crippen LogP contribution in [-0.2, 0) is 14.8 Å². The topological polar surface area (TPSA) is 78.5 Å². The van der Waals surface area contributed by atoms with E-state index < -0.39 is 10.0 Å². The molecule has 3 rings (SSSR count). The number of nitrogens with one attached hydrogen (secondary N) is 2. The number of fused-ring (bicyclic) bond motifs is 2. The number of carbonyl (C=O) groups excluding carboxylic acids is 1. The third kappa shape index (κ3) is 3.30. The molecule has 122 valence electrons. The van der Waals surface area contributed by atoms with Crippen molar-refractivity contribution in [3.63, 3.8) is 0 Å². The third-order valence-corrected chi connectivity index (χ3v) is 7.29. The minimum absolute atomic E-state index is 0.130. The van der Waals surface area contributed by atoms with Crippen LogP contribution in [0.3, 0.4) is 0 Å². The van der Waals surface area contributed by atoms with E-state index in [4.69, 9.17) is 11.6 Å². The Balaban J connectivity index is 1.65. The van der Waals surface area contributed by atoms with Gasteiger partial charge in [0.2, 0.25) is 5.91 Å². The van der Waals surface area contributed by atoms with Gasteiger partial charge in [0, 0.05) is 18.6 Å². The molecule has 2 aliphatic heterocycles. The van der Waals surface area contributed by atoms with Gasteiger partial charge < -0.3 is 10.2 Å². The minimum Gasteiger partial charge on any atom is -0.334 e. The molecule has 2 fully saturated rings. The fourth-order valence-corrected chi connectivity index (χ4v) is 5.65. The smallest absolute Gasteiger partial charge is 0.250 e. The Morgan fingerprint density at radius 1 is 1.36 bits per heavy atom. The summed E-state index contributed by atoms with van der Waals surface area (Å²) >= 11 is 6.74. The Kier molecular flexibility index (Phi) is 4.75. The van der Waals surface area contributed by atoms with E-state index in [9.17, 15) is 13.2 Å². The molecular weight excluding hydrogens is 346 g/mol. The predicted octanol–water partition coefficient (Wildman–Crippen LogP) is 1.03. The van der Waals surface area contributed by atoms with Crippen LogP contribution < -0.4 is 10.0 Å². The highest BCUT2D eigenvalue weighted by Gasteiger charge is 2.38. The zero-order valence-corrected chi connectivity index (χ0v) is 14.3. The Labute approximate surface area is 138 Å². The van der Waals surface area contributed by atoms with Crippen molar-refractivity contribution in [3.05, 3.63) is 16.5 Å². The quantitative estimate of drug-likeness (QED) is 0.837. The van der Waals surface area contributed by atoms with Crippen LogP contribution >= 0.6 is 22.9 Å². The summed E-state index contributed by atoms with van der Waals surface area (Å²) in [6, 6.07) is 3.39. The standard InChI is InChI=1S/C13H18ClN3O3S2/c14-11-3-4-13(21-11)22(19,20)16-8-12(18)17-9-1-2-10(17)7-15-6-5-9/h3-4,9-10,15-16H,1-2,5-8H2. The van der Waals surface area contributed by atoms with E-state index in [2.05, 4.69) is 10.0 Å². The van der Waals surface area contributed by atoms with Crippen LogP contribution in [0.15, 0.2) is 16.3 Å². The van der Waals surface area contributed by atoms with E-state index in [-0.39, 0.29) is 28.7 Å². The normalized spacial score (nSPS) is 25.2. The first-order valence-corrected chi connectivity index (χ1v) is 9.92. The Bertz CT molecular complexity index is 647. The van der Waals surface area contributed by atoms with Gasteiger partial charge in [-0.2, -0.15) is 0 Å². The first-order chi connectivity index (χ1) is 10.5. The molecule has 9 heteroatoms. The largest absolute Gasteiger partial charge is 0.334 e. The molecule has 0 aliphatic carbocycles. The van der Waals surface area contributed by atoms with E-state index in [1.807, 2.05) is 4.90 Å². The molecule has 0 saturated carbocycles. The second-order valence-electron chi connectivity index (χ2n) is 5.56. The Hall–Kier alpha value is -0.670. The molecule has 6 nitrogen and oxygen atoms in total. The maximum atomic E-state index is 12.4. The molecule has 3 heterocycles. The van der Waals surface area contributed by atoms with Gasteiger partial charge in [0.15, 0.2) is 0 Å². The van der Waals surface area contributed by atoms with Crippen LogP contribution in [0.4, 0.5) is 0 Å². The SMILES string of the molecule is O=C(CNS(=O)(=O)c1ccc(Cl)s1)N1C2CCNCC1CC2. The molecule has 1 amide bonds. The number of hydrogen-bond acceptors (Lipinski definition) is 5. The summed E-state index contributed by atoms with van der Waals surface area (Å²) in [7, 11) is -3.68. The molecule has 2 bridgehead atoms. The molecule has 0 aromatic carbocycles. The molecule has 2 unspecified atom stereocenters. The van der Waals surface area contributed by atoms with Crippen molar-refractivity contribution in [2.45, 2.75) is 35.6 Å². The number of hydrogen-bond donors (Lipinski definition) is 2. The molecule has 0 spiro atoms. The van der Waals surface area contributed by atoms with Gasteiger partial charge in [-0.05, 0) is 37.9 Å². The fraction of sp³-hybridized carbons (Fsp3) is 0.615. The summed E-state index contributed by atoms with van der Waals surface area (Å²) in [5, 5.41) is 3.32. The Morgan fingerprint density at radius 2 is 2.14 bits per heavy atom. The lowest BCUT2D eigenvalue weighted by Crippen LogP contribution is -2.47. The molecule has 2 aliphatic rings. The summed E-state index contributed by atoms with van der Waals surface area (Å²) < 4.78 is 27.2. The zero-order chi connectivity index (χ0) is 15.7. The molecule has 2 atom stereocenters. The first kappa shape index (κ1) is 16.2. The van der Waals surface area contributed by atoms with Crippen LogP contribution in [0, 0.1) is 0 Å². The van der Waals surface area contributed by atoms with E-state index in [0.29, 0.717) is 4.34 Å². The molecule has 0 radical (unpaired) electrons. The van der Waals surface area contributed by atoms with Gasteiger partial charge in [0.05, 0.1) is 10.9 Å². The van der Waals surface area contributed by atoms with E-state index in [1.54, 1.807) is 0 Å². The van der Waals surface area contributed by atoms with Crippen LogP contribution in [0.25, 0.3) is 0 Å². The second-order valence-corrected chi connectivity index (χ2v) is 9.27. The van der Waals surface area contributed by atoms with Crippen molar-refractivity contribution in [1.29, 1.82) is 0 Å². The van der Waals surface area contributed by atoms with Gasteiger partial charge in [-0.15, -0.1) is 11.3 Å². The lowest BCUT2D eigenvalue weighted by Gasteiger charge is -2.27. The van der Waals surface area contributed by atoms with Gasteiger partial charge in [-0.25, -0.2) is 13.1 Å². The van der Waals surface area contributed by atoms with Crippen LogP contribution in [0.1, 0.15) is 19.3 Å². The summed E-state index contributed by atoms with van der Waals surface area (Å²) in [6.45, 7) is 1.49. The summed E-state index contributed by atoms with van der Waals surface area (Å²) in [4.78, 5) is 14.3. The van der Waals surface area contributed by atoms with Crippen LogP contribution in [-0.4, -0.2) is 50.9 Å². The van der Waals surface area contributed by atoms with E-state index >= 15 is 0 Å². The fourth-order valence-electron chi connectivity index (χ4n) is 3.15. The Morgan fingerprint density at radius 3 is 2.86 bits per heavy atom. The number of carbonyl (C=O) groups is 1. The lowest BCUT2D eigenvalue weighted by molar-refractivity contribution is -0.132. The van der Waals surface area contributed by atoms with Gasteiger partial charge in [-0.1, -0.05) is 11.6 Å². The molecule has 1 aromatic heterocycles. The zero-order valence-electron chi connectivity index (χ0n) is 11.9. The monoisotopic (exact) mass is 363 g/mol. The highest BCUT2D eigenvalue weighted by Crippen LogP contribution is 2.28. The third-order valence-electron chi connectivity index (χ3n) is 4.17. The minimum atomic E-state index is -3.68. The maximum Gasteiger partial charge on any atom is 0.250 e. The summed E-state index contributed by atoms with van der Waals surface area (Å²) in [5.41, 5.74) is 0. The van der Waals surface area contributed by atoms with Crippen molar-refractivity contribution < 1.29 is 13.2 Å². The van der Waals surface area contributed by atoms with E-state index in [0.717, 1.165) is 43.7 Å². The number of halogens is 1. The number of thiophene rings is 1. The average molecular weight is 364 g/mol. The molecule has 1 aromatic rings. The number of rotatable bonds is 4. The van der Waals surface area contributed by atoms with Gasteiger partial charge in [-0.3, -0.25) is 4.79 Å². The van der Waals surface area contributed by atoms with Gasteiger partial charge >= 0.3 is 0 Å². The lowest BCUT2D eigenvalue weighted by atomic mass is 10.1. The van der Waals surface area contributed by atoms with Gasteiger partial charge in [0.25, 0.3) is 10.0 Å². The number of amides is 1. The van der Waals surface area contributed by atoms with Crippen molar-refractivity contribution in [2.24, 2.45) is 0 Å². The highest BCUT2D eigenvalue weighted by atomic mass is 35.5. The van der Waals surface area contributed by atoms with Crippen LogP contribution in [0.2, 0.25) is 4.34 Å². The van der Waals surface area contributed by atoms with Crippen molar-refractivity contribution in [1.82, 2.24) is 14.9 Å². The van der Waals surface area contributed by atoms with E-state index in [1.165, 1.54) is 12.1 Å². The second kappa shape index (κ2) is 6.45. The summed E-state index contributed by atoms with van der Waals surface area (Å²) in [5.74, 6) is -0.151. The molecule has 2 N–H and O–H groups in total. The predicted molar refractivity (Wildman–Crippen MR) is 85.7 cm³/mol. The number of nitrogens with zero attached hydrogens (tertiary/aromatic N) is 1. The summed E-state index contributed by atoms with van der Waals surface area (Å²) in [6.07, 6.45) is 2.91. The first-order valence-electron chi connectivity index (χ1n) is 7.24.